The molecule has 0 saturated heterocycles. The molecule has 1 aliphatic carbocycles. The standard InChI is InChI=1S/C17H24FN3O2.ClH/c18-13-5-4-6-14(9-13)21-16(23)11-20-15(22)10-17(12-19)7-2-1-3-8-17;/h4-6,9H,1-3,7-8,10-12,19H2,(H,20,22)(H,21,23);1H. The van der Waals surface area contributed by atoms with Crippen LogP contribution in [0.4, 0.5) is 10.1 Å². The number of nitrogens with two attached hydrogens (primary N) is 1. The zero-order valence-corrected chi connectivity index (χ0v) is 14.5. The minimum Gasteiger partial charge on any atom is -0.347 e. The molecule has 134 valence electrons. The van der Waals surface area contributed by atoms with Crippen molar-refractivity contribution in [3.8, 4) is 0 Å². The maximum Gasteiger partial charge on any atom is 0.243 e. The Kier molecular flexibility index (Phi) is 8.15. The van der Waals surface area contributed by atoms with E-state index in [-0.39, 0.29) is 36.2 Å². The van der Waals surface area contributed by atoms with E-state index in [0.29, 0.717) is 18.7 Å². The number of hydrogen-bond donors (Lipinski definition) is 3. The fraction of sp³-hybridized carbons (Fsp3) is 0.529. The summed E-state index contributed by atoms with van der Waals surface area (Å²) in [7, 11) is 0. The lowest BCUT2D eigenvalue weighted by Gasteiger charge is -2.35. The zero-order valence-electron chi connectivity index (χ0n) is 13.6. The number of hydrogen-bond acceptors (Lipinski definition) is 3. The van der Waals surface area contributed by atoms with E-state index < -0.39 is 5.82 Å². The zero-order chi connectivity index (χ0) is 16.7. The largest absolute Gasteiger partial charge is 0.347 e. The van der Waals surface area contributed by atoms with Crippen LogP contribution in [-0.2, 0) is 9.59 Å². The predicted molar refractivity (Wildman–Crippen MR) is 94.5 cm³/mol. The molecule has 1 saturated carbocycles. The van der Waals surface area contributed by atoms with Gasteiger partial charge in [0.1, 0.15) is 5.82 Å². The number of rotatable bonds is 6. The number of carbonyl (C=O) groups excluding carboxylic acids is 2. The molecule has 0 spiro atoms. The van der Waals surface area contributed by atoms with E-state index in [1.807, 2.05) is 0 Å². The van der Waals surface area contributed by atoms with E-state index in [1.165, 1.54) is 24.6 Å². The Morgan fingerprint density at radius 1 is 1.17 bits per heavy atom. The van der Waals surface area contributed by atoms with Crippen LogP contribution in [0.5, 0.6) is 0 Å². The smallest absolute Gasteiger partial charge is 0.243 e. The molecule has 1 fully saturated rings. The second-order valence-electron chi connectivity index (χ2n) is 6.28. The van der Waals surface area contributed by atoms with Gasteiger partial charge in [0.2, 0.25) is 11.8 Å². The highest BCUT2D eigenvalue weighted by Crippen LogP contribution is 2.38. The minimum absolute atomic E-state index is 0. The molecule has 0 bridgehead atoms. The first-order valence-electron chi connectivity index (χ1n) is 8.05. The maximum absolute atomic E-state index is 13.0. The highest BCUT2D eigenvalue weighted by atomic mass is 35.5. The van der Waals surface area contributed by atoms with Crippen LogP contribution in [0.1, 0.15) is 38.5 Å². The van der Waals surface area contributed by atoms with Crippen LogP contribution < -0.4 is 16.4 Å². The number of anilines is 1. The lowest BCUT2D eigenvalue weighted by molar-refractivity contribution is -0.126. The molecule has 1 aromatic carbocycles. The second-order valence-corrected chi connectivity index (χ2v) is 6.28. The average Bonchev–Trinajstić information content (AvgIpc) is 2.54. The van der Waals surface area contributed by atoms with E-state index in [4.69, 9.17) is 5.73 Å². The molecule has 0 heterocycles. The fourth-order valence-electron chi connectivity index (χ4n) is 3.11. The van der Waals surface area contributed by atoms with Gasteiger partial charge in [-0.2, -0.15) is 0 Å². The lowest BCUT2D eigenvalue weighted by atomic mass is 9.71. The summed E-state index contributed by atoms with van der Waals surface area (Å²) < 4.78 is 13.0. The highest BCUT2D eigenvalue weighted by Gasteiger charge is 2.32. The molecular formula is C17H25ClFN3O2. The monoisotopic (exact) mass is 357 g/mol. The molecule has 7 heteroatoms. The molecule has 4 N–H and O–H groups in total. The van der Waals surface area contributed by atoms with Gasteiger partial charge in [0.15, 0.2) is 0 Å². The Hall–Kier alpha value is -1.66. The van der Waals surface area contributed by atoms with Crippen LogP contribution in [-0.4, -0.2) is 24.9 Å². The van der Waals surface area contributed by atoms with Crippen LogP contribution in [0.2, 0.25) is 0 Å². The summed E-state index contributed by atoms with van der Waals surface area (Å²) in [5, 5.41) is 5.17. The molecule has 0 radical (unpaired) electrons. The molecule has 0 aromatic heterocycles. The number of halogens is 2. The number of amides is 2. The highest BCUT2D eigenvalue weighted by molar-refractivity contribution is 5.94. The van der Waals surface area contributed by atoms with E-state index in [2.05, 4.69) is 10.6 Å². The van der Waals surface area contributed by atoms with Gasteiger partial charge in [-0.15, -0.1) is 12.4 Å². The summed E-state index contributed by atoms with van der Waals surface area (Å²) in [6.45, 7) is 0.367. The summed E-state index contributed by atoms with van der Waals surface area (Å²) in [6.07, 6.45) is 5.68. The molecule has 0 atom stereocenters. The molecule has 2 rings (SSSR count). The van der Waals surface area contributed by atoms with Crippen molar-refractivity contribution in [1.29, 1.82) is 0 Å². The van der Waals surface area contributed by atoms with Crippen molar-refractivity contribution >= 4 is 29.9 Å². The van der Waals surface area contributed by atoms with Gasteiger partial charge in [0, 0.05) is 12.1 Å². The van der Waals surface area contributed by atoms with Crippen molar-refractivity contribution in [1.82, 2.24) is 5.32 Å². The van der Waals surface area contributed by atoms with Gasteiger partial charge < -0.3 is 16.4 Å². The van der Waals surface area contributed by atoms with Gasteiger partial charge in [0.25, 0.3) is 0 Å². The van der Waals surface area contributed by atoms with E-state index >= 15 is 0 Å². The first-order chi connectivity index (χ1) is 11.0. The minimum atomic E-state index is -0.422. The van der Waals surface area contributed by atoms with E-state index in [9.17, 15) is 14.0 Å². The molecule has 0 aliphatic heterocycles. The molecule has 1 aromatic rings. The van der Waals surface area contributed by atoms with Crippen molar-refractivity contribution in [3.05, 3.63) is 30.1 Å². The van der Waals surface area contributed by atoms with Crippen molar-refractivity contribution in [2.75, 3.05) is 18.4 Å². The van der Waals surface area contributed by atoms with Gasteiger partial charge in [-0.1, -0.05) is 25.3 Å². The van der Waals surface area contributed by atoms with Crippen LogP contribution in [0.25, 0.3) is 0 Å². The average molecular weight is 358 g/mol. The van der Waals surface area contributed by atoms with Crippen LogP contribution in [0.15, 0.2) is 24.3 Å². The number of nitrogens with one attached hydrogen (secondary N) is 2. The Morgan fingerprint density at radius 3 is 2.50 bits per heavy atom. The van der Waals surface area contributed by atoms with Crippen molar-refractivity contribution < 1.29 is 14.0 Å². The lowest BCUT2D eigenvalue weighted by Crippen LogP contribution is -2.40. The fourth-order valence-corrected chi connectivity index (χ4v) is 3.11. The Balaban J connectivity index is 0.00000288. The third-order valence-electron chi connectivity index (χ3n) is 4.44. The molecule has 5 nitrogen and oxygen atoms in total. The van der Waals surface area contributed by atoms with Crippen molar-refractivity contribution in [3.63, 3.8) is 0 Å². The first kappa shape index (κ1) is 20.4. The van der Waals surface area contributed by atoms with Gasteiger partial charge in [0.05, 0.1) is 6.54 Å². The van der Waals surface area contributed by atoms with Gasteiger partial charge in [-0.05, 0) is 43.0 Å². The molecule has 24 heavy (non-hydrogen) atoms. The third kappa shape index (κ3) is 6.09. The number of carbonyl (C=O) groups is 2. The van der Waals surface area contributed by atoms with Crippen LogP contribution >= 0.6 is 12.4 Å². The number of benzene rings is 1. The van der Waals surface area contributed by atoms with Crippen molar-refractivity contribution in [2.24, 2.45) is 11.1 Å². The predicted octanol–water partition coefficient (Wildman–Crippen LogP) is 2.60. The summed E-state index contributed by atoms with van der Waals surface area (Å²) in [5.74, 6) is -0.963. The van der Waals surface area contributed by atoms with Crippen LogP contribution in [0.3, 0.4) is 0 Å². The SMILES string of the molecule is Cl.NCC1(CC(=O)NCC(=O)Nc2cccc(F)c2)CCCCC1. The van der Waals surface area contributed by atoms with Crippen LogP contribution in [0, 0.1) is 11.2 Å². The maximum atomic E-state index is 13.0. The van der Waals surface area contributed by atoms with Crippen molar-refractivity contribution in [2.45, 2.75) is 38.5 Å². The Morgan fingerprint density at radius 2 is 1.88 bits per heavy atom. The normalized spacial score (nSPS) is 15.9. The Labute approximate surface area is 148 Å². The molecular weight excluding hydrogens is 333 g/mol. The van der Waals surface area contributed by atoms with E-state index in [0.717, 1.165) is 25.7 Å². The topological polar surface area (TPSA) is 84.2 Å². The summed E-state index contributed by atoms with van der Waals surface area (Å²) in [6, 6.07) is 5.63. The Bertz CT molecular complexity index is 563. The summed E-state index contributed by atoms with van der Waals surface area (Å²) in [5.41, 5.74) is 6.11. The summed E-state index contributed by atoms with van der Waals surface area (Å²) >= 11 is 0. The van der Waals surface area contributed by atoms with Gasteiger partial charge >= 0.3 is 0 Å². The summed E-state index contributed by atoms with van der Waals surface area (Å²) in [4.78, 5) is 23.9. The first-order valence-corrected chi connectivity index (χ1v) is 8.05. The third-order valence-corrected chi connectivity index (χ3v) is 4.44. The van der Waals surface area contributed by atoms with Gasteiger partial charge in [-0.25, -0.2) is 4.39 Å². The second kappa shape index (κ2) is 9.59. The molecule has 1 aliphatic rings. The molecule has 0 unspecified atom stereocenters. The van der Waals surface area contributed by atoms with Gasteiger partial charge in [-0.3, -0.25) is 9.59 Å². The van der Waals surface area contributed by atoms with E-state index in [1.54, 1.807) is 6.07 Å². The quantitative estimate of drug-likeness (QED) is 0.731. The molecule has 2 amide bonds.